The molecule has 1 saturated heterocycles. The monoisotopic (exact) mass is 532 g/mol. The number of hydrogen-bond donors (Lipinski definition) is 1. The summed E-state index contributed by atoms with van der Waals surface area (Å²) in [5.74, 6) is -2.19. The highest BCUT2D eigenvalue weighted by Gasteiger charge is 2.62. The average molecular weight is 533 g/mol. The summed E-state index contributed by atoms with van der Waals surface area (Å²) in [5, 5.41) is 2.95. The van der Waals surface area contributed by atoms with Gasteiger partial charge in [-0.15, -0.1) is 6.58 Å². The van der Waals surface area contributed by atoms with Gasteiger partial charge in [-0.05, 0) is 45.4 Å². The number of carbonyl (C=O) groups excluding carboxylic acids is 4. The van der Waals surface area contributed by atoms with Crippen LogP contribution in [0.3, 0.4) is 0 Å². The lowest BCUT2D eigenvalue weighted by atomic mass is 9.95. The van der Waals surface area contributed by atoms with Gasteiger partial charge >= 0.3 is 11.9 Å². The van der Waals surface area contributed by atoms with Crippen molar-refractivity contribution in [2.45, 2.75) is 95.2 Å². The van der Waals surface area contributed by atoms with Crippen molar-refractivity contribution in [1.29, 1.82) is 0 Å². The molecule has 3 rings (SSSR count). The molecule has 2 amide bonds. The van der Waals surface area contributed by atoms with Crippen molar-refractivity contribution in [2.75, 3.05) is 26.9 Å². The second-order valence-corrected chi connectivity index (χ2v) is 10.6. The van der Waals surface area contributed by atoms with Crippen LogP contribution in [0.15, 0.2) is 24.8 Å². The van der Waals surface area contributed by atoms with Crippen molar-refractivity contribution < 1.29 is 33.4 Å². The Morgan fingerprint density at radius 3 is 2.74 bits per heavy atom. The fraction of sp³-hybridized carbons (Fsp3) is 0.724. The first-order chi connectivity index (χ1) is 18.4. The number of nitrogens with one attached hydrogen (secondary N) is 1. The Labute approximate surface area is 226 Å². The molecular formula is C29H44N2O7. The van der Waals surface area contributed by atoms with Crippen molar-refractivity contribution in [2.24, 2.45) is 11.8 Å². The molecule has 3 aliphatic rings. The Morgan fingerprint density at radius 2 is 2.00 bits per heavy atom. The number of esters is 2. The zero-order valence-corrected chi connectivity index (χ0v) is 23.0. The minimum absolute atomic E-state index is 0.0208. The quantitative estimate of drug-likeness (QED) is 0.275. The fourth-order valence-corrected chi connectivity index (χ4v) is 5.46. The van der Waals surface area contributed by atoms with Gasteiger partial charge in [-0.3, -0.25) is 14.4 Å². The van der Waals surface area contributed by atoms with E-state index in [4.69, 9.17) is 14.2 Å². The first-order valence-corrected chi connectivity index (χ1v) is 14.1. The average Bonchev–Trinajstić information content (AvgIpc) is 3.41. The third-order valence-corrected chi connectivity index (χ3v) is 7.80. The molecule has 2 heterocycles. The van der Waals surface area contributed by atoms with Gasteiger partial charge in [0.05, 0.1) is 25.7 Å². The van der Waals surface area contributed by atoms with E-state index in [2.05, 4.69) is 18.0 Å². The molecule has 1 N–H and O–H groups in total. The Kier molecular flexibility index (Phi) is 11.4. The molecule has 0 unspecified atom stereocenters. The summed E-state index contributed by atoms with van der Waals surface area (Å²) in [4.78, 5) is 54.4. The number of ether oxygens (including phenoxy) is 3. The van der Waals surface area contributed by atoms with Crippen LogP contribution in [0.1, 0.15) is 77.6 Å². The molecule has 2 aliphatic heterocycles. The van der Waals surface area contributed by atoms with E-state index in [0.29, 0.717) is 25.7 Å². The van der Waals surface area contributed by atoms with Crippen LogP contribution in [0, 0.1) is 11.8 Å². The summed E-state index contributed by atoms with van der Waals surface area (Å²) in [6.45, 7) is 6.18. The van der Waals surface area contributed by atoms with Crippen molar-refractivity contribution in [1.82, 2.24) is 10.2 Å². The Balaban J connectivity index is 1.81. The molecule has 0 bridgehead atoms. The molecule has 9 nitrogen and oxygen atoms in total. The van der Waals surface area contributed by atoms with Crippen LogP contribution in [0.25, 0.3) is 0 Å². The molecule has 0 aromatic rings. The third-order valence-electron chi connectivity index (χ3n) is 7.80. The van der Waals surface area contributed by atoms with Crippen molar-refractivity contribution >= 4 is 23.8 Å². The standard InChI is InChI=1S/C29H44N2O7/c1-4-6-13-16-38-25(32)17-21-14-11-9-7-8-10-12-15-22-19-29(22,28(35)37-5-2)30-26(33)24-18-23(36-3)20-31(24)27(21)34/h4,12,15,21-24H,1,5-11,13-14,16-20H2,2-3H3,(H,30,33)/t21-,22-,23-,24+,29-/m1/s1. The van der Waals surface area contributed by atoms with Gasteiger partial charge in [0.25, 0.3) is 0 Å². The number of carbonyl (C=O) groups is 4. The van der Waals surface area contributed by atoms with Crippen molar-refractivity contribution in [3.8, 4) is 0 Å². The zero-order valence-electron chi connectivity index (χ0n) is 23.0. The van der Waals surface area contributed by atoms with E-state index in [1.165, 1.54) is 4.90 Å². The lowest BCUT2D eigenvalue weighted by Gasteiger charge is -2.29. The van der Waals surface area contributed by atoms with E-state index in [1.54, 1.807) is 20.1 Å². The highest BCUT2D eigenvalue weighted by Crippen LogP contribution is 2.46. The highest BCUT2D eigenvalue weighted by molar-refractivity contribution is 5.96. The number of rotatable bonds is 9. The maximum Gasteiger partial charge on any atom is 0.332 e. The van der Waals surface area contributed by atoms with Crippen LogP contribution in [0.2, 0.25) is 0 Å². The van der Waals surface area contributed by atoms with Gasteiger partial charge in [-0.2, -0.15) is 0 Å². The number of amides is 2. The van der Waals surface area contributed by atoms with Crippen LogP contribution < -0.4 is 5.32 Å². The first kappa shape index (κ1) is 29.9. The number of methoxy groups -OCH3 is 1. The van der Waals surface area contributed by atoms with Crippen LogP contribution in [-0.4, -0.2) is 73.2 Å². The third kappa shape index (κ3) is 7.68. The summed E-state index contributed by atoms with van der Waals surface area (Å²) < 4.78 is 16.2. The zero-order chi connectivity index (χ0) is 27.5. The lowest BCUT2D eigenvalue weighted by molar-refractivity contribution is -0.152. The van der Waals surface area contributed by atoms with E-state index in [9.17, 15) is 19.2 Å². The summed E-state index contributed by atoms with van der Waals surface area (Å²) in [6.07, 6.45) is 13.0. The number of allylic oxidation sites excluding steroid dienone is 2. The van der Waals surface area contributed by atoms with Crippen molar-refractivity contribution in [3.05, 3.63) is 24.8 Å². The van der Waals surface area contributed by atoms with E-state index in [1.807, 2.05) is 6.08 Å². The van der Waals surface area contributed by atoms with Gasteiger partial charge in [-0.1, -0.05) is 37.5 Å². The normalized spacial score (nSPS) is 30.1. The molecule has 212 valence electrons. The number of fused-ring (bicyclic) bond motifs is 2. The Hall–Kier alpha value is -2.68. The van der Waals surface area contributed by atoms with Crippen LogP contribution >= 0.6 is 0 Å². The molecule has 1 aliphatic carbocycles. The summed E-state index contributed by atoms with van der Waals surface area (Å²) in [7, 11) is 1.56. The predicted octanol–water partition coefficient (Wildman–Crippen LogP) is 3.47. The number of unbranched alkanes of at least 4 members (excludes halogenated alkanes) is 1. The van der Waals surface area contributed by atoms with Crippen LogP contribution in [0.5, 0.6) is 0 Å². The predicted molar refractivity (Wildman–Crippen MR) is 142 cm³/mol. The molecule has 0 radical (unpaired) electrons. The summed E-state index contributed by atoms with van der Waals surface area (Å²) >= 11 is 0. The summed E-state index contributed by atoms with van der Waals surface area (Å²) in [5.41, 5.74) is -1.10. The van der Waals surface area contributed by atoms with E-state index in [0.717, 1.165) is 38.5 Å². The largest absolute Gasteiger partial charge is 0.466 e. The van der Waals surface area contributed by atoms with Crippen molar-refractivity contribution in [3.63, 3.8) is 0 Å². The second kappa shape index (κ2) is 14.5. The molecule has 0 aromatic heterocycles. The number of nitrogens with zero attached hydrogens (tertiary/aromatic N) is 1. The SMILES string of the molecule is C=CCCCOC(=O)C[C@H]1CCCCCCC=C[C@@H]2C[C@@]2(C(=O)OCC)NC(=O)[C@@H]2C[C@@H](OC)CN2C1=O. The molecule has 9 heteroatoms. The van der Waals surface area contributed by atoms with Crippen LogP contribution in [-0.2, 0) is 33.4 Å². The Bertz CT molecular complexity index is 888. The highest BCUT2D eigenvalue weighted by atomic mass is 16.5. The second-order valence-electron chi connectivity index (χ2n) is 10.6. The van der Waals surface area contributed by atoms with Gasteiger partial charge in [0.1, 0.15) is 11.6 Å². The maximum atomic E-state index is 13.8. The fourth-order valence-electron chi connectivity index (χ4n) is 5.46. The van der Waals surface area contributed by atoms with Gasteiger partial charge in [0, 0.05) is 31.9 Å². The smallest absolute Gasteiger partial charge is 0.332 e. The van der Waals surface area contributed by atoms with Gasteiger partial charge in [-0.25, -0.2) is 4.79 Å². The maximum absolute atomic E-state index is 13.8. The van der Waals surface area contributed by atoms with Crippen LogP contribution in [0.4, 0.5) is 0 Å². The molecule has 5 atom stereocenters. The lowest BCUT2D eigenvalue weighted by Crippen LogP contribution is -2.54. The molecule has 38 heavy (non-hydrogen) atoms. The summed E-state index contributed by atoms with van der Waals surface area (Å²) in [6, 6.07) is -0.789. The van der Waals surface area contributed by atoms with E-state index in [-0.39, 0.29) is 50.0 Å². The molecule has 0 aromatic carbocycles. The molecule has 0 spiro atoms. The van der Waals surface area contributed by atoms with Gasteiger partial charge in [0.2, 0.25) is 11.8 Å². The minimum atomic E-state index is -1.10. The Morgan fingerprint density at radius 1 is 1.21 bits per heavy atom. The minimum Gasteiger partial charge on any atom is -0.466 e. The van der Waals surface area contributed by atoms with Gasteiger partial charge < -0.3 is 24.4 Å². The molecular weight excluding hydrogens is 488 g/mol. The topological polar surface area (TPSA) is 111 Å². The van der Waals surface area contributed by atoms with E-state index < -0.39 is 29.4 Å². The molecule has 2 fully saturated rings. The first-order valence-electron chi connectivity index (χ1n) is 14.1. The number of hydrogen-bond acceptors (Lipinski definition) is 7. The van der Waals surface area contributed by atoms with E-state index >= 15 is 0 Å². The van der Waals surface area contributed by atoms with Gasteiger partial charge in [0.15, 0.2) is 0 Å². The molecule has 1 saturated carbocycles.